The summed E-state index contributed by atoms with van der Waals surface area (Å²) >= 11 is 1.90. The molecule has 3 aliphatic rings. The molecule has 0 spiro atoms. The molecule has 12 heteroatoms. The molecule has 260 valence electrons. The standard InChI is InChI=1S/C36H50N6O5S/c37-19-9-8-16-29(41-36(46)47-22-28-26-14-4-2-12-24(26)25-13-3-5-15-27(25)28)34(44)39-21-11-1-10-20-38-32(43)18-7-6-17-31-33-30(23-48-31)40-35(45)42-33/h2-5,12-15,28-31,33H,1,6-11,16-23,37H2,(H,38,43)(H,39,44)(H,41,46)(H2,40,42,45)/t29-,30-,31-,33-/m0/s1. The van der Waals surface area contributed by atoms with Gasteiger partial charge in [-0.3, -0.25) is 9.59 Å². The van der Waals surface area contributed by atoms with Gasteiger partial charge < -0.3 is 37.1 Å². The average molecular weight is 679 g/mol. The number of benzene rings is 2. The molecule has 2 aromatic rings. The predicted molar refractivity (Wildman–Crippen MR) is 189 cm³/mol. The van der Waals surface area contributed by atoms with Gasteiger partial charge in [0.15, 0.2) is 0 Å². The maximum absolute atomic E-state index is 13.0. The molecule has 0 radical (unpaired) electrons. The molecule has 48 heavy (non-hydrogen) atoms. The Morgan fingerprint density at radius 3 is 2.31 bits per heavy atom. The van der Waals surface area contributed by atoms with Gasteiger partial charge in [-0.1, -0.05) is 55.0 Å². The number of hydrogen-bond acceptors (Lipinski definition) is 7. The number of thioether (sulfide) groups is 1. The zero-order valence-electron chi connectivity index (χ0n) is 27.6. The van der Waals surface area contributed by atoms with Crippen molar-refractivity contribution in [3.05, 3.63) is 59.7 Å². The fourth-order valence-corrected chi connectivity index (χ4v) is 8.44. The lowest BCUT2D eigenvalue weighted by Crippen LogP contribution is -2.47. The van der Waals surface area contributed by atoms with Crippen LogP contribution in [0.1, 0.15) is 81.3 Å². The normalized spacial score (nSPS) is 19.8. The van der Waals surface area contributed by atoms with Crippen LogP contribution in [0.3, 0.4) is 0 Å². The lowest BCUT2D eigenvalue weighted by molar-refractivity contribution is -0.123. The van der Waals surface area contributed by atoms with E-state index in [-0.39, 0.29) is 42.5 Å². The minimum Gasteiger partial charge on any atom is -0.449 e. The number of hydrogen-bond donors (Lipinski definition) is 6. The second kappa shape index (κ2) is 18.1. The van der Waals surface area contributed by atoms with E-state index >= 15 is 0 Å². The van der Waals surface area contributed by atoms with Crippen LogP contribution in [0.2, 0.25) is 0 Å². The summed E-state index contributed by atoms with van der Waals surface area (Å²) in [6, 6.07) is 16.0. The molecule has 2 aromatic carbocycles. The Balaban J connectivity index is 0.942. The topological polar surface area (TPSA) is 164 Å². The number of fused-ring (bicyclic) bond motifs is 4. The molecule has 2 fully saturated rings. The number of amides is 5. The number of nitrogens with one attached hydrogen (secondary N) is 5. The highest BCUT2D eigenvalue weighted by Crippen LogP contribution is 2.44. The largest absolute Gasteiger partial charge is 0.449 e. The van der Waals surface area contributed by atoms with Gasteiger partial charge in [0.1, 0.15) is 12.6 Å². The first-order valence-electron chi connectivity index (χ1n) is 17.5. The van der Waals surface area contributed by atoms with Crippen molar-refractivity contribution in [2.24, 2.45) is 5.73 Å². The molecular weight excluding hydrogens is 629 g/mol. The van der Waals surface area contributed by atoms with Crippen molar-refractivity contribution >= 4 is 35.7 Å². The molecule has 7 N–H and O–H groups in total. The van der Waals surface area contributed by atoms with Gasteiger partial charge in [0.05, 0.1) is 12.1 Å². The molecule has 5 amide bonds. The van der Waals surface area contributed by atoms with Crippen LogP contribution in [0, 0.1) is 0 Å². The number of carbonyl (C=O) groups is 4. The van der Waals surface area contributed by atoms with Gasteiger partial charge in [0.25, 0.3) is 0 Å². The van der Waals surface area contributed by atoms with Crippen LogP contribution in [0.4, 0.5) is 9.59 Å². The molecule has 0 saturated carbocycles. The lowest BCUT2D eigenvalue weighted by Gasteiger charge is -2.20. The van der Waals surface area contributed by atoms with E-state index in [0.29, 0.717) is 44.1 Å². The summed E-state index contributed by atoms with van der Waals surface area (Å²) in [6.07, 6.45) is 7.13. The third kappa shape index (κ3) is 9.65. The number of rotatable bonds is 19. The van der Waals surface area contributed by atoms with Crippen molar-refractivity contribution in [1.82, 2.24) is 26.6 Å². The van der Waals surface area contributed by atoms with Gasteiger partial charge in [0.2, 0.25) is 11.8 Å². The zero-order chi connectivity index (χ0) is 33.7. The molecule has 1 aliphatic carbocycles. The first kappa shape index (κ1) is 35.5. The second-order valence-corrected chi connectivity index (χ2v) is 14.1. The summed E-state index contributed by atoms with van der Waals surface area (Å²) in [5, 5.41) is 15.1. The van der Waals surface area contributed by atoms with Crippen LogP contribution in [-0.4, -0.2) is 79.3 Å². The number of unbranched alkanes of at least 4 members (excludes halogenated alkanes) is 4. The summed E-state index contributed by atoms with van der Waals surface area (Å²) in [4.78, 5) is 49.7. The second-order valence-electron chi connectivity index (χ2n) is 12.9. The first-order chi connectivity index (χ1) is 23.4. The third-order valence-corrected chi connectivity index (χ3v) is 11.0. The van der Waals surface area contributed by atoms with Gasteiger partial charge in [-0.2, -0.15) is 11.8 Å². The summed E-state index contributed by atoms with van der Waals surface area (Å²) in [5.74, 6) is 0.733. The predicted octanol–water partition coefficient (Wildman–Crippen LogP) is 4.15. The molecule has 2 aliphatic heterocycles. The van der Waals surface area contributed by atoms with Crippen LogP contribution in [0.5, 0.6) is 0 Å². The Morgan fingerprint density at radius 1 is 0.875 bits per heavy atom. The lowest BCUT2D eigenvalue weighted by atomic mass is 9.98. The molecule has 0 aromatic heterocycles. The third-order valence-electron chi connectivity index (χ3n) is 9.45. The van der Waals surface area contributed by atoms with Crippen molar-refractivity contribution in [3.8, 4) is 11.1 Å². The number of alkyl carbamates (subject to hydrolysis) is 1. The minimum atomic E-state index is -0.700. The van der Waals surface area contributed by atoms with Gasteiger partial charge >= 0.3 is 12.1 Å². The minimum absolute atomic E-state index is 0.0531. The fourth-order valence-electron chi connectivity index (χ4n) is 6.90. The summed E-state index contributed by atoms with van der Waals surface area (Å²) < 4.78 is 5.68. The number of urea groups is 1. The van der Waals surface area contributed by atoms with Gasteiger partial charge in [0, 0.05) is 36.4 Å². The molecular formula is C36H50N6O5S. The van der Waals surface area contributed by atoms with E-state index < -0.39 is 12.1 Å². The Hall–Kier alpha value is -3.77. The van der Waals surface area contributed by atoms with Crippen molar-refractivity contribution in [2.45, 2.75) is 93.5 Å². The van der Waals surface area contributed by atoms with Gasteiger partial charge in [-0.15, -0.1) is 0 Å². The number of carbonyl (C=O) groups excluding carboxylic acids is 4. The van der Waals surface area contributed by atoms with Crippen molar-refractivity contribution in [2.75, 3.05) is 32.0 Å². The summed E-state index contributed by atoms with van der Waals surface area (Å²) in [5.41, 5.74) is 10.3. The Kier molecular flexibility index (Phi) is 13.4. The quantitative estimate of drug-likeness (QED) is 0.0960. The molecule has 2 heterocycles. The van der Waals surface area contributed by atoms with Crippen molar-refractivity contribution in [3.63, 3.8) is 0 Å². The van der Waals surface area contributed by atoms with Crippen LogP contribution in [0.15, 0.2) is 48.5 Å². The molecule has 2 saturated heterocycles. The Labute approximate surface area is 287 Å². The average Bonchev–Trinajstić information content (AvgIpc) is 3.75. The van der Waals surface area contributed by atoms with Crippen LogP contribution in [-0.2, 0) is 14.3 Å². The highest BCUT2D eigenvalue weighted by atomic mass is 32.2. The molecule has 11 nitrogen and oxygen atoms in total. The molecule has 0 unspecified atom stereocenters. The highest BCUT2D eigenvalue weighted by Gasteiger charge is 2.42. The van der Waals surface area contributed by atoms with Crippen molar-refractivity contribution < 1.29 is 23.9 Å². The van der Waals surface area contributed by atoms with E-state index in [4.69, 9.17) is 10.5 Å². The summed E-state index contributed by atoms with van der Waals surface area (Å²) in [7, 11) is 0. The van der Waals surface area contributed by atoms with Crippen LogP contribution < -0.4 is 32.3 Å². The van der Waals surface area contributed by atoms with E-state index in [2.05, 4.69) is 50.8 Å². The van der Waals surface area contributed by atoms with E-state index in [1.165, 1.54) is 0 Å². The monoisotopic (exact) mass is 678 g/mol. The smallest absolute Gasteiger partial charge is 0.407 e. The zero-order valence-corrected chi connectivity index (χ0v) is 28.5. The molecule has 4 atom stereocenters. The van der Waals surface area contributed by atoms with E-state index in [0.717, 1.165) is 73.0 Å². The van der Waals surface area contributed by atoms with Gasteiger partial charge in [-0.05, 0) is 80.2 Å². The van der Waals surface area contributed by atoms with Crippen molar-refractivity contribution in [1.29, 1.82) is 0 Å². The number of nitrogens with two attached hydrogens (primary N) is 1. The van der Waals surface area contributed by atoms with Crippen LogP contribution in [0.25, 0.3) is 11.1 Å². The SMILES string of the molecule is NCCCC[C@H](NC(=O)OCC1c2ccccc2-c2ccccc21)C(=O)NCCCCCNC(=O)CCCC[C@@H]1SC[C@@H]2NC(=O)N[C@@H]21. The van der Waals surface area contributed by atoms with E-state index in [9.17, 15) is 19.2 Å². The van der Waals surface area contributed by atoms with Gasteiger partial charge in [-0.25, -0.2) is 9.59 Å². The summed E-state index contributed by atoms with van der Waals surface area (Å²) in [6.45, 7) is 1.81. The van der Waals surface area contributed by atoms with E-state index in [1.54, 1.807) is 0 Å². The highest BCUT2D eigenvalue weighted by molar-refractivity contribution is 8.00. The van der Waals surface area contributed by atoms with E-state index in [1.807, 2.05) is 36.0 Å². The molecule has 5 rings (SSSR count). The Morgan fingerprint density at radius 2 is 1.58 bits per heavy atom. The van der Waals surface area contributed by atoms with Crippen LogP contribution >= 0.6 is 11.8 Å². The Bertz CT molecular complexity index is 1360. The first-order valence-corrected chi connectivity index (χ1v) is 18.5. The maximum Gasteiger partial charge on any atom is 0.407 e. The fraction of sp³-hybridized carbons (Fsp3) is 0.556. The maximum atomic E-state index is 13.0. The molecule has 0 bridgehead atoms. The number of ether oxygens (including phenoxy) is 1.